The highest BCUT2D eigenvalue weighted by atomic mass is 16.5. The van der Waals surface area contributed by atoms with Crippen molar-refractivity contribution < 1.29 is 28.3 Å². The lowest BCUT2D eigenvalue weighted by molar-refractivity contribution is -0.114. The van der Waals surface area contributed by atoms with Crippen molar-refractivity contribution in [1.82, 2.24) is 5.16 Å². The summed E-state index contributed by atoms with van der Waals surface area (Å²) in [4.78, 5) is 23.9. The van der Waals surface area contributed by atoms with E-state index in [9.17, 15) is 9.59 Å². The first-order valence-electron chi connectivity index (χ1n) is 7.29. The van der Waals surface area contributed by atoms with Crippen LogP contribution < -0.4 is 20.1 Å². The van der Waals surface area contributed by atoms with Gasteiger partial charge in [0.2, 0.25) is 11.8 Å². The van der Waals surface area contributed by atoms with Gasteiger partial charge in [-0.25, -0.2) is 4.79 Å². The molecule has 0 unspecified atom stereocenters. The van der Waals surface area contributed by atoms with Crippen molar-refractivity contribution >= 4 is 23.4 Å². The Kier molecular flexibility index (Phi) is 5.83. The maximum Gasteiger partial charge on any atom is 0.340 e. The summed E-state index contributed by atoms with van der Waals surface area (Å²) in [5.74, 6) is 0.0697. The predicted octanol–water partition coefficient (Wildman–Crippen LogP) is 1.84. The fourth-order valence-corrected chi connectivity index (χ4v) is 2.08. The standard InChI is InChI=1S/C16H19N3O6/c1-9-5-15(25-19-9)18-14(20)8-17-11-7-13(23-3)12(22-2)6-10(11)16(21)24-4/h5-7,17H,8H2,1-4H3,(H,18,20). The average Bonchev–Trinajstić information content (AvgIpc) is 3.03. The van der Waals surface area contributed by atoms with Crippen LogP contribution in [0.25, 0.3) is 0 Å². The van der Waals surface area contributed by atoms with Crippen molar-refractivity contribution in [2.45, 2.75) is 6.92 Å². The van der Waals surface area contributed by atoms with Crippen LogP contribution in [0.5, 0.6) is 11.5 Å². The highest BCUT2D eigenvalue weighted by molar-refractivity contribution is 5.98. The third kappa shape index (κ3) is 4.40. The number of carbonyl (C=O) groups is 2. The Morgan fingerprint density at radius 2 is 1.80 bits per heavy atom. The molecule has 0 fully saturated rings. The highest BCUT2D eigenvalue weighted by Crippen LogP contribution is 2.33. The number of ether oxygens (including phenoxy) is 3. The van der Waals surface area contributed by atoms with Crippen LogP contribution in [0.1, 0.15) is 16.1 Å². The van der Waals surface area contributed by atoms with Crippen molar-refractivity contribution in [2.75, 3.05) is 38.5 Å². The summed E-state index contributed by atoms with van der Waals surface area (Å²) in [7, 11) is 4.19. The van der Waals surface area contributed by atoms with Gasteiger partial charge in [0.15, 0.2) is 11.5 Å². The van der Waals surface area contributed by atoms with E-state index in [-0.39, 0.29) is 23.9 Å². The molecule has 1 aromatic heterocycles. The molecule has 0 saturated heterocycles. The molecule has 134 valence electrons. The molecule has 0 aliphatic carbocycles. The minimum atomic E-state index is -0.574. The van der Waals surface area contributed by atoms with Crippen LogP contribution in [0.15, 0.2) is 22.7 Å². The lowest BCUT2D eigenvalue weighted by Crippen LogP contribution is -2.22. The normalized spacial score (nSPS) is 10.1. The Hall–Kier alpha value is -3.23. The molecule has 1 aromatic carbocycles. The molecule has 0 bridgehead atoms. The number of benzene rings is 1. The minimum absolute atomic E-state index is 0.112. The minimum Gasteiger partial charge on any atom is -0.493 e. The number of aryl methyl sites for hydroxylation is 1. The number of nitrogens with one attached hydrogen (secondary N) is 2. The third-order valence-corrected chi connectivity index (χ3v) is 3.26. The van der Waals surface area contributed by atoms with Crippen molar-refractivity contribution in [3.63, 3.8) is 0 Å². The molecule has 0 saturated carbocycles. The number of hydrogen-bond donors (Lipinski definition) is 2. The molecular formula is C16H19N3O6. The Morgan fingerprint density at radius 3 is 2.36 bits per heavy atom. The number of rotatable bonds is 7. The molecule has 2 aromatic rings. The molecule has 25 heavy (non-hydrogen) atoms. The van der Waals surface area contributed by atoms with Gasteiger partial charge in [-0.1, -0.05) is 5.16 Å². The van der Waals surface area contributed by atoms with Crippen LogP contribution in [0.4, 0.5) is 11.6 Å². The van der Waals surface area contributed by atoms with Gasteiger partial charge in [0.1, 0.15) is 0 Å². The van der Waals surface area contributed by atoms with Crippen LogP contribution in [-0.2, 0) is 9.53 Å². The quantitative estimate of drug-likeness (QED) is 0.728. The monoisotopic (exact) mass is 349 g/mol. The lowest BCUT2D eigenvalue weighted by atomic mass is 10.1. The fourth-order valence-electron chi connectivity index (χ4n) is 2.08. The summed E-state index contributed by atoms with van der Waals surface area (Å²) in [5.41, 5.74) is 1.23. The molecule has 0 radical (unpaired) electrons. The summed E-state index contributed by atoms with van der Waals surface area (Å²) in [6.07, 6.45) is 0. The first-order valence-corrected chi connectivity index (χ1v) is 7.29. The summed E-state index contributed by atoms with van der Waals surface area (Å²) < 4.78 is 20.1. The first-order chi connectivity index (χ1) is 12.0. The van der Waals surface area contributed by atoms with Crippen molar-refractivity contribution in [3.8, 4) is 11.5 Å². The number of carbonyl (C=O) groups excluding carboxylic acids is 2. The highest BCUT2D eigenvalue weighted by Gasteiger charge is 2.18. The van der Waals surface area contributed by atoms with Gasteiger partial charge in [-0.3, -0.25) is 10.1 Å². The number of hydrogen-bond acceptors (Lipinski definition) is 8. The predicted molar refractivity (Wildman–Crippen MR) is 89.2 cm³/mol. The maximum atomic E-state index is 12.0. The van der Waals surface area contributed by atoms with E-state index in [2.05, 4.69) is 15.8 Å². The van der Waals surface area contributed by atoms with Gasteiger partial charge in [-0.2, -0.15) is 0 Å². The largest absolute Gasteiger partial charge is 0.493 e. The van der Waals surface area contributed by atoms with E-state index in [0.717, 1.165) is 0 Å². The van der Waals surface area contributed by atoms with Gasteiger partial charge < -0.3 is 24.1 Å². The Morgan fingerprint density at radius 1 is 1.12 bits per heavy atom. The number of aromatic nitrogens is 1. The van der Waals surface area contributed by atoms with Gasteiger partial charge in [-0.05, 0) is 6.92 Å². The Labute approximate surface area is 144 Å². The zero-order chi connectivity index (χ0) is 18.4. The number of methoxy groups -OCH3 is 3. The van der Waals surface area contributed by atoms with E-state index in [1.54, 1.807) is 19.1 Å². The molecule has 2 N–H and O–H groups in total. The number of amides is 1. The number of esters is 1. The lowest BCUT2D eigenvalue weighted by Gasteiger charge is -2.15. The average molecular weight is 349 g/mol. The number of nitrogens with zero attached hydrogens (tertiary/aromatic N) is 1. The van der Waals surface area contributed by atoms with Gasteiger partial charge in [0.25, 0.3) is 0 Å². The zero-order valence-corrected chi connectivity index (χ0v) is 14.3. The second kappa shape index (κ2) is 8.04. The van der Waals surface area contributed by atoms with Crippen LogP contribution >= 0.6 is 0 Å². The van der Waals surface area contributed by atoms with Crippen LogP contribution in [0.2, 0.25) is 0 Å². The molecule has 9 nitrogen and oxygen atoms in total. The van der Waals surface area contributed by atoms with Gasteiger partial charge in [0.05, 0.1) is 44.8 Å². The molecule has 0 aliphatic rings. The molecule has 0 atom stereocenters. The molecular weight excluding hydrogens is 330 g/mol. The summed E-state index contributed by atoms with van der Waals surface area (Å²) >= 11 is 0. The van der Waals surface area contributed by atoms with Crippen LogP contribution in [-0.4, -0.2) is 44.9 Å². The van der Waals surface area contributed by atoms with E-state index >= 15 is 0 Å². The zero-order valence-electron chi connectivity index (χ0n) is 14.3. The van der Waals surface area contributed by atoms with Crippen LogP contribution in [0, 0.1) is 6.92 Å². The maximum absolute atomic E-state index is 12.0. The van der Waals surface area contributed by atoms with E-state index < -0.39 is 5.97 Å². The molecule has 1 amide bonds. The SMILES string of the molecule is COC(=O)c1cc(OC)c(OC)cc1NCC(=O)Nc1cc(C)no1. The molecule has 9 heteroatoms. The van der Waals surface area contributed by atoms with E-state index in [4.69, 9.17) is 18.7 Å². The Balaban J connectivity index is 2.16. The smallest absolute Gasteiger partial charge is 0.340 e. The molecule has 0 aliphatic heterocycles. The summed E-state index contributed by atoms with van der Waals surface area (Å²) in [6.45, 7) is 1.63. The summed E-state index contributed by atoms with van der Waals surface area (Å²) in [6, 6.07) is 4.62. The van der Waals surface area contributed by atoms with E-state index in [1.165, 1.54) is 27.4 Å². The Bertz CT molecular complexity index is 771. The first kappa shape index (κ1) is 18.1. The number of anilines is 2. The molecule has 0 spiro atoms. The van der Waals surface area contributed by atoms with Gasteiger partial charge in [-0.15, -0.1) is 0 Å². The van der Waals surface area contributed by atoms with E-state index in [0.29, 0.717) is 22.9 Å². The van der Waals surface area contributed by atoms with Crippen molar-refractivity contribution in [1.29, 1.82) is 0 Å². The second-order valence-corrected chi connectivity index (χ2v) is 4.98. The topological polar surface area (TPSA) is 112 Å². The second-order valence-electron chi connectivity index (χ2n) is 4.98. The molecule has 1 heterocycles. The van der Waals surface area contributed by atoms with E-state index in [1.807, 2.05) is 0 Å². The van der Waals surface area contributed by atoms with Crippen LogP contribution in [0.3, 0.4) is 0 Å². The van der Waals surface area contributed by atoms with Gasteiger partial charge in [0, 0.05) is 18.2 Å². The van der Waals surface area contributed by atoms with Gasteiger partial charge >= 0.3 is 5.97 Å². The third-order valence-electron chi connectivity index (χ3n) is 3.26. The fraction of sp³-hybridized carbons (Fsp3) is 0.312. The summed E-state index contributed by atoms with van der Waals surface area (Å²) in [5, 5.41) is 9.09. The van der Waals surface area contributed by atoms with Crippen molar-refractivity contribution in [2.24, 2.45) is 0 Å². The van der Waals surface area contributed by atoms with Crippen molar-refractivity contribution in [3.05, 3.63) is 29.5 Å². The molecule has 2 rings (SSSR count).